The first-order valence-corrected chi connectivity index (χ1v) is 7.94. The molecule has 0 N–H and O–H groups in total. The van der Waals surface area contributed by atoms with Gasteiger partial charge in [0.15, 0.2) is 0 Å². The van der Waals surface area contributed by atoms with Gasteiger partial charge >= 0.3 is 5.97 Å². The topological polar surface area (TPSA) is 65.1 Å². The van der Waals surface area contributed by atoms with Gasteiger partial charge in [0, 0.05) is 20.3 Å². The number of carbonyl (C=O) groups excluding carboxylic acids is 2. The molecule has 4 atom stereocenters. The third-order valence-electron chi connectivity index (χ3n) is 4.68. The lowest BCUT2D eigenvalue weighted by molar-refractivity contribution is -0.153. The van der Waals surface area contributed by atoms with Crippen molar-refractivity contribution in [3.63, 3.8) is 0 Å². The van der Waals surface area contributed by atoms with Crippen LogP contribution >= 0.6 is 0 Å². The lowest BCUT2D eigenvalue weighted by Gasteiger charge is -2.22. The molecule has 22 heavy (non-hydrogen) atoms. The summed E-state index contributed by atoms with van der Waals surface area (Å²) < 4.78 is 16.3. The molecule has 2 fully saturated rings. The van der Waals surface area contributed by atoms with E-state index in [-0.39, 0.29) is 18.0 Å². The Hall–Kier alpha value is -1.40. The maximum absolute atomic E-state index is 12.7. The Labute approximate surface area is 130 Å². The summed E-state index contributed by atoms with van der Waals surface area (Å²) in [7, 11) is 1.65. The average molecular weight is 309 g/mol. The van der Waals surface area contributed by atoms with Crippen molar-refractivity contribution in [3.8, 4) is 0 Å². The second-order valence-corrected chi connectivity index (χ2v) is 6.17. The Balaban J connectivity index is 1.73. The molecule has 3 heterocycles. The van der Waals surface area contributed by atoms with Gasteiger partial charge in [-0.1, -0.05) is 19.1 Å². The van der Waals surface area contributed by atoms with E-state index in [9.17, 15) is 9.59 Å². The molecule has 0 radical (unpaired) electrons. The quantitative estimate of drug-likeness (QED) is 0.395. The number of rotatable bonds is 7. The number of hydrogen-bond donors (Lipinski definition) is 0. The number of nitrogens with zero attached hydrogens (tertiary/aromatic N) is 1. The average Bonchev–Trinajstić information content (AvgIpc) is 3.14. The first-order chi connectivity index (χ1) is 10.6. The number of esters is 1. The molecule has 2 bridgehead atoms. The molecule has 6 nitrogen and oxygen atoms in total. The Bertz CT molecular complexity index is 491. The zero-order chi connectivity index (χ0) is 15.7. The Kier molecular flexibility index (Phi) is 4.23. The van der Waals surface area contributed by atoms with E-state index >= 15 is 0 Å². The normalized spacial score (nSPS) is 35.3. The van der Waals surface area contributed by atoms with Crippen molar-refractivity contribution in [2.24, 2.45) is 11.8 Å². The van der Waals surface area contributed by atoms with Crippen molar-refractivity contribution < 1.29 is 23.8 Å². The molecule has 0 saturated carbocycles. The summed E-state index contributed by atoms with van der Waals surface area (Å²) in [6.07, 6.45) is 5.09. The monoisotopic (exact) mass is 309 g/mol. The van der Waals surface area contributed by atoms with E-state index in [1.54, 1.807) is 12.0 Å². The Morgan fingerprint density at radius 3 is 3.05 bits per heavy atom. The molecular formula is C16H23NO5. The summed E-state index contributed by atoms with van der Waals surface area (Å²) in [5, 5.41) is 0. The van der Waals surface area contributed by atoms with Gasteiger partial charge in [-0.15, -0.1) is 0 Å². The maximum Gasteiger partial charge on any atom is 0.312 e. The number of ether oxygens (including phenoxy) is 3. The minimum Gasteiger partial charge on any atom is -0.465 e. The Morgan fingerprint density at radius 1 is 1.50 bits per heavy atom. The molecule has 3 aliphatic rings. The van der Waals surface area contributed by atoms with Crippen LogP contribution in [-0.4, -0.2) is 61.9 Å². The van der Waals surface area contributed by atoms with Crippen molar-refractivity contribution in [3.05, 3.63) is 12.2 Å². The number of fused-ring (bicyclic) bond motifs is 1. The molecule has 3 rings (SSSR count). The van der Waals surface area contributed by atoms with Crippen LogP contribution in [0.2, 0.25) is 0 Å². The minimum absolute atomic E-state index is 0.00130. The molecule has 1 amide bonds. The first-order valence-electron chi connectivity index (χ1n) is 7.94. The van der Waals surface area contributed by atoms with Gasteiger partial charge in [-0.3, -0.25) is 9.59 Å². The van der Waals surface area contributed by atoms with Crippen molar-refractivity contribution in [1.82, 2.24) is 4.90 Å². The fraction of sp³-hybridized carbons (Fsp3) is 0.750. The molecule has 2 saturated heterocycles. The number of likely N-dealkylation sites (tertiary alicyclic amines) is 1. The standard InChI is InChI=1S/C16H23NO5/c1-3-8-21-15(19)12-11-5-6-16(22-11)10-17(7-4-9-20-2)14(18)13(12)16/h5-6,11-13H,3-4,7-10H2,1-2H3/t11?,12?,13?,16-/m0/s1. The summed E-state index contributed by atoms with van der Waals surface area (Å²) in [6, 6.07) is 0. The molecular weight excluding hydrogens is 286 g/mol. The molecule has 122 valence electrons. The highest BCUT2D eigenvalue weighted by Crippen LogP contribution is 2.52. The van der Waals surface area contributed by atoms with Gasteiger partial charge in [-0.05, 0) is 12.8 Å². The van der Waals surface area contributed by atoms with Gasteiger partial charge < -0.3 is 19.1 Å². The largest absolute Gasteiger partial charge is 0.465 e. The van der Waals surface area contributed by atoms with Gasteiger partial charge in [0.05, 0.1) is 25.2 Å². The smallest absolute Gasteiger partial charge is 0.312 e. The number of carbonyl (C=O) groups is 2. The lowest BCUT2D eigenvalue weighted by atomic mass is 9.77. The Morgan fingerprint density at radius 2 is 2.32 bits per heavy atom. The van der Waals surface area contributed by atoms with Gasteiger partial charge in [0.25, 0.3) is 0 Å². The highest BCUT2D eigenvalue weighted by molar-refractivity contribution is 5.91. The van der Waals surface area contributed by atoms with Crippen molar-refractivity contribution >= 4 is 11.9 Å². The van der Waals surface area contributed by atoms with Gasteiger partial charge in [-0.25, -0.2) is 0 Å². The number of amides is 1. The summed E-state index contributed by atoms with van der Waals surface area (Å²) in [6.45, 7) is 4.10. The molecule has 0 aromatic rings. The van der Waals surface area contributed by atoms with Crippen LogP contribution in [-0.2, 0) is 23.8 Å². The zero-order valence-corrected chi connectivity index (χ0v) is 13.1. The molecule has 0 aromatic heterocycles. The summed E-state index contributed by atoms with van der Waals surface area (Å²) in [5.74, 6) is -1.25. The molecule has 1 spiro atoms. The fourth-order valence-electron chi connectivity index (χ4n) is 3.74. The van der Waals surface area contributed by atoms with E-state index in [2.05, 4.69) is 0 Å². The third kappa shape index (κ3) is 2.34. The number of hydrogen-bond acceptors (Lipinski definition) is 5. The van der Waals surface area contributed by atoms with Crippen LogP contribution in [0.25, 0.3) is 0 Å². The van der Waals surface area contributed by atoms with E-state index in [1.165, 1.54) is 0 Å². The molecule has 6 heteroatoms. The van der Waals surface area contributed by atoms with Crippen LogP contribution in [0.4, 0.5) is 0 Å². The summed E-state index contributed by atoms with van der Waals surface area (Å²) in [5.41, 5.74) is -0.634. The molecule has 3 unspecified atom stereocenters. The van der Waals surface area contributed by atoms with Crippen LogP contribution in [0.5, 0.6) is 0 Å². The zero-order valence-electron chi connectivity index (χ0n) is 13.1. The highest BCUT2D eigenvalue weighted by Gasteiger charge is 2.67. The highest BCUT2D eigenvalue weighted by atomic mass is 16.6. The minimum atomic E-state index is -0.634. The molecule has 3 aliphatic heterocycles. The van der Waals surface area contributed by atoms with Crippen LogP contribution in [0.1, 0.15) is 19.8 Å². The molecule has 0 aromatic carbocycles. The number of methoxy groups -OCH3 is 1. The van der Waals surface area contributed by atoms with Crippen molar-refractivity contribution in [1.29, 1.82) is 0 Å². The molecule has 0 aliphatic carbocycles. The van der Waals surface area contributed by atoms with Crippen LogP contribution in [0.15, 0.2) is 12.2 Å². The van der Waals surface area contributed by atoms with E-state index < -0.39 is 17.4 Å². The van der Waals surface area contributed by atoms with Gasteiger partial charge in [-0.2, -0.15) is 0 Å². The van der Waals surface area contributed by atoms with Gasteiger partial charge in [0.2, 0.25) is 5.91 Å². The van der Waals surface area contributed by atoms with Crippen LogP contribution < -0.4 is 0 Å². The van der Waals surface area contributed by atoms with Crippen LogP contribution in [0.3, 0.4) is 0 Å². The predicted molar refractivity (Wildman–Crippen MR) is 78.0 cm³/mol. The summed E-state index contributed by atoms with van der Waals surface area (Å²) >= 11 is 0. The van der Waals surface area contributed by atoms with E-state index in [1.807, 2.05) is 19.1 Å². The SMILES string of the molecule is CCCOC(=O)C1C2C=C[C@@]3(CN(CCCOC)C(=O)C13)O2. The second-order valence-electron chi connectivity index (χ2n) is 6.17. The fourth-order valence-corrected chi connectivity index (χ4v) is 3.74. The van der Waals surface area contributed by atoms with E-state index in [0.717, 1.165) is 12.8 Å². The predicted octanol–water partition coefficient (Wildman–Crippen LogP) is 0.758. The maximum atomic E-state index is 12.7. The van der Waals surface area contributed by atoms with Crippen molar-refractivity contribution in [2.75, 3.05) is 33.4 Å². The van der Waals surface area contributed by atoms with Crippen LogP contribution in [0, 0.1) is 11.8 Å². The summed E-state index contributed by atoms with van der Waals surface area (Å²) in [4.78, 5) is 26.8. The first kappa shape index (κ1) is 15.5. The van der Waals surface area contributed by atoms with Crippen molar-refractivity contribution in [2.45, 2.75) is 31.5 Å². The van der Waals surface area contributed by atoms with E-state index in [4.69, 9.17) is 14.2 Å². The third-order valence-corrected chi connectivity index (χ3v) is 4.68. The van der Waals surface area contributed by atoms with E-state index in [0.29, 0.717) is 26.3 Å². The van der Waals surface area contributed by atoms with Gasteiger partial charge in [0.1, 0.15) is 11.5 Å². The second kappa shape index (κ2) is 6.01. The lowest BCUT2D eigenvalue weighted by Crippen LogP contribution is -2.40.